The van der Waals surface area contributed by atoms with Crippen molar-refractivity contribution in [3.8, 4) is 17.2 Å². The zero-order chi connectivity index (χ0) is 22.2. The smallest absolute Gasteiger partial charge is 0.225 e. The number of aliphatic imine (C=N–C) groups is 1. The number of aryl methyl sites for hydroxylation is 1. The van der Waals surface area contributed by atoms with Crippen LogP contribution >= 0.6 is 0 Å². The van der Waals surface area contributed by atoms with E-state index in [0.29, 0.717) is 17.2 Å². The van der Waals surface area contributed by atoms with E-state index in [1.807, 2.05) is 31.2 Å². The first-order valence-electron chi connectivity index (χ1n) is 10.1. The van der Waals surface area contributed by atoms with Crippen LogP contribution in [0, 0.1) is 12.3 Å². The number of fused-ring (bicyclic) bond motifs is 1. The van der Waals surface area contributed by atoms with E-state index in [2.05, 4.69) is 41.4 Å². The maximum atomic E-state index is 6.75. The van der Waals surface area contributed by atoms with E-state index >= 15 is 0 Å². The van der Waals surface area contributed by atoms with Crippen molar-refractivity contribution in [2.24, 2.45) is 16.1 Å². The van der Waals surface area contributed by atoms with E-state index in [1.54, 1.807) is 19.5 Å². The summed E-state index contributed by atoms with van der Waals surface area (Å²) in [6.45, 7) is 9.24. The maximum absolute atomic E-state index is 6.75. The van der Waals surface area contributed by atoms with Gasteiger partial charge in [0.2, 0.25) is 11.7 Å². The first-order chi connectivity index (χ1) is 14.7. The van der Waals surface area contributed by atoms with Crippen LogP contribution in [0.3, 0.4) is 0 Å². The van der Waals surface area contributed by atoms with Crippen LogP contribution in [-0.4, -0.2) is 29.8 Å². The molecule has 1 unspecified atom stereocenters. The number of ether oxygens (including phenoxy) is 1. The van der Waals surface area contributed by atoms with Gasteiger partial charge in [0.15, 0.2) is 5.82 Å². The molecule has 4 rings (SSSR count). The van der Waals surface area contributed by atoms with Gasteiger partial charge in [-0.3, -0.25) is 5.73 Å². The summed E-state index contributed by atoms with van der Waals surface area (Å²) in [4.78, 5) is 13.5. The predicted molar refractivity (Wildman–Crippen MR) is 122 cm³/mol. The molecule has 0 amide bonds. The topological polar surface area (TPSA) is 111 Å². The Labute approximate surface area is 182 Å². The number of anilines is 2. The van der Waals surface area contributed by atoms with Crippen LogP contribution in [0.25, 0.3) is 11.5 Å². The molecule has 0 saturated carbocycles. The summed E-state index contributed by atoms with van der Waals surface area (Å²) in [7, 11) is 1.60. The summed E-state index contributed by atoms with van der Waals surface area (Å²) < 4.78 is 11.0. The zero-order valence-corrected chi connectivity index (χ0v) is 18.5. The molecule has 1 atom stereocenters. The number of rotatable bonds is 5. The Morgan fingerprint density at radius 2 is 2.06 bits per heavy atom. The maximum Gasteiger partial charge on any atom is 0.225 e. The molecule has 1 aromatic carbocycles. The van der Waals surface area contributed by atoms with E-state index in [-0.39, 0.29) is 5.41 Å². The summed E-state index contributed by atoms with van der Waals surface area (Å²) in [6, 6.07) is 7.58. The molecule has 0 radical (unpaired) electrons. The minimum atomic E-state index is -1.22. The first-order valence-corrected chi connectivity index (χ1v) is 10.1. The number of methoxy groups -OCH3 is 1. The number of oxazole rings is 1. The van der Waals surface area contributed by atoms with Crippen LogP contribution in [0.2, 0.25) is 0 Å². The molecular weight excluding hydrogens is 392 g/mol. The van der Waals surface area contributed by atoms with Gasteiger partial charge in [-0.05, 0) is 36.6 Å². The number of hydrogen-bond donors (Lipinski definition) is 3. The third-order valence-electron chi connectivity index (χ3n) is 4.98. The van der Waals surface area contributed by atoms with E-state index in [0.717, 1.165) is 34.9 Å². The van der Waals surface area contributed by atoms with Crippen LogP contribution in [0.4, 0.5) is 11.5 Å². The molecule has 2 aromatic heterocycles. The Kier molecular flexibility index (Phi) is 5.18. The number of nitrogens with one attached hydrogen (secondary N) is 2. The lowest BCUT2D eigenvalue weighted by Gasteiger charge is -2.34. The standard InChI is InChI=1S/C23H28N6O2/c1-14-10-16-12-27-23(24,29-19(16)20(28-14)26-13-22(2,3)4)17-7-6-15(11-18(17)30-5)21-25-8-9-31-21/h6-12,29H,13,24H2,1-5H3,(H,26,28). The van der Waals surface area contributed by atoms with Gasteiger partial charge in [-0.15, -0.1) is 0 Å². The molecule has 8 nitrogen and oxygen atoms in total. The van der Waals surface area contributed by atoms with E-state index < -0.39 is 5.79 Å². The van der Waals surface area contributed by atoms with Crippen molar-refractivity contribution in [2.45, 2.75) is 33.5 Å². The van der Waals surface area contributed by atoms with Gasteiger partial charge < -0.3 is 19.8 Å². The summed E-state index contributed by atoms with van der Waals surface area (Å²) in [6.07, 6.45) is 4.92. The molecule has 8 heteroatoms. The SMILES string of the molecule is COc1cc(-c2ncco2)ccc1C1(N)N=Cc2cc(C)nc(NCC(C)(C)C)c2N1. The minimum absolute atomic E-state index is 0.0970. The molecule has 0 fully saturated rings. The van der Waals surface area contributed by atoms with Gasteiger partial charge in [0.1, 0.15) is 12.0 Å². The third-order valence-corrected chi connectivity index (χ3v) is 4.98. The van der Waals surface area contributed by atoms with Crippen LogP contribution in [0.1, 0.15) is 37.6 Å². The Hall–Kier alpha value is -3.39. The second-order valence-corrected chi connectivity index (χ2v) is 8.89. The van der Waals surface area contributed by atoms with Crippen molar-refractivity contribution in [1.29, 1.82) is 0 Å². The molecule has 1 aliphatic rings. The molecule has 0 aliphatic carbocycles. The average Bonchev–Trinajstić information content (AvgIpc) is 3.26. The molecule has 0 bridgehead atoms. The predicted octanol–water partition coefficient (Wildman–Crippen LogP) is 4.13. The molecule has 1 aliphatic heterocycles. The van der Waals surface area contributed by atoms with Gasteiger partial charge in [-0.2, -0.15) is 0 Å². The molecule has 0 saturated heterocycles. The van der Waals surface area contributed by atoms with Crippen LogP contribution in [0.15, 0.2) is 46.1 Å². The Bertz CT molecular complexity index is 1120. The number of hydrogen-bond acceptors (Lipinski definition) is 8. The third kappa shape index (κ3) is 4.25. The Balaban J connectivity index is 1.72. The molecule has 3 heterocycles. The Morgan fingerprint density at radius 1 is 1.26 bits per heavy atom. The zero-order valence-electron chi connectivity index (χ0n) is 18.5. The van der Waals surface area contributed by atoms with Crippen molar-refractivity contribution in [3.05, 3.63) is 53.5 Å². The summed E-state index contributed by atoms with van der Waals surface area (Å²) in [5.74, 6) is 0.620. The van der Waals surface area contributed by atoms with Gasteiger partial charge >= 0.3 is 0 Å². The van der Waals surface area contributed by atoms with Gasteiger partial charge in [0.25, 0.3) is 0 Å². The van der Waals surface area contributed by atoms with Crippen LogP contribution < -0.4 is 21.1 Å². The fraction of sp³-hybridized carbons (Fsp3) is 0.348. The molecule has 4 N–H and O–H groups in total. The second-order valence-electron chi connectivity index (χ2n) is 8.89. The number of aromatic nitrogens is 2. The van der Waals surface area contributed by atoms with Crippen molar-refractivity contribution in [2.75, 3.05) is 24.3 Å². The fourth-order valence-electron chi connectivity index (χ4n) is 3.44. The second kappa shape index (κ2) is 7.70. The van der Waals surface area contributed by atoms with E-state index in [9.17, 15) is 0 Å². The van der Waals surface area contributed by atoms with Crippen molar-refractivity contribution in [3.63, 3.8) is 0 Å². The highest BCUT2D eigenvalue weighted by Gasteiger charge is 2.34. The number of nitrogens with two attached hydrogens (primary N) is 1. The van der Waals surface area contributed by atoms with E-state index in [1.165, 1.54) is 6.26 Å². The van der Waals surface area contributed by atoms with Crippen LogP contribution in [-0.2, 0) is 5.79 Å². The molecule has 3 aromatic rings. The minimum Gasteiger partial charge on any atom is -0.496 e. The largest absolute Gasteiger partial charge is 0.496 e. The molecule has 162 valence electrons. The number of nitrogens with zero attached hydrogens (tertiary/aromatic N) is 3. The van der Waals surface area contributed by atoms with Crippen molar-refractivity contribution < 1.29 is 9.15 Å². The Morgan fingerprint density at radius 3 is 2.74 bits per heavy atom. The molecular formula is C23H28N6O2. The number of benzene rings is 1. The lowest BCUT2D eigenvalue weighted by molar-refractivity contribution is 0.393. The fourth-order valence-corrected chi connectivity index (χ4v) is 3.44. The normalized spacial score (nSPS) is 17.7. The summed E-state index contributed by atoms with van der Waals surface area (Å²) in [5.41, 5.74) is 11.0. The highest BCUT2D eigenvalue weighted by atomic mass is 16.5. The summed E-state index contributed by atoms with van der Waals surface area (Å²) >= 11 is 0. The van der Waals surface area contributed by atoms with Gasteiger partial charge in [-0.25, -0.2) is 15.0 Å². The van der Waals surface area contributed by atoms with Crippen LogP contribution in [0.5, 0.6) is 5.75 Å². The van der Waals surface area contributed by atoms with E-state index in [4.69, 9.17) is 19.9 Å². The summed E-state index contributed by atoms with van der Waals surface area (Å²) in [5, 5.41) is 6.84. The molecule has 31 heavy (non-hydrogen) atoms. The van der Waals surface area contributed by atoms with Gasteiger partial charge in [0, 0.05) is 29.6 Å². The number of pyridine rings is 1. The van der Waals surface area contributed by atoms with Gasteiger partial charge in [0.05, 0.1) is 24.6 Å². The highest BCUT2D eigenvalue weighted by Crippen LogP contribution is 2.38. The monoisotopic (exact) mass is 420 g/mol. The highest BCUT2D eigenvalue weighted by molar-refractivity contribution is 5.94. The average molecular weight is 421 g/mol. The van der Waals surface area contributed by atoms with Gasteiger partial charge in [-0.1, -0.05) is 20.8 Å². The van der Waals surface area contributed by atoms with Crippen molar-refractivity contribution >= 4 is 17.7 Å². The lowest BCUT2D eigenvalue weighted by atomic mass is 9.97. The molecule has 0 spiro atoms. The quantitative estimate of drug-likeness (QED) is 0.569. The lowest BCUT2D eigenvalue weighted by Crippen LogP contribution is -2.45. The van der Waals surface area contributed by atoms with Crippen molar-refractivity contribution in [1.82, 2.24) is 9.97 Å². The first kappa shape index (κ1) is 20.9.